The lowest BCUT2D eigenvalue weighted by atomic mass is 10.1. The number of fused-ring (bicyclic) bond motifs is 1. The topological polar surface area (TPSA) is 95.9 Å². The Labute approximate surface area is 224 Å². The summed E-state index contributed by atoms with van der Waals surface area (Å²) in [5, 5.41) is 7.43. The smallest absolute Gasteiger partial charge is 0.274 e. The number of benzene rings is 2. The molecule has 190 valence electrons. The van der Waals surface area contributed by atoms with Crippen molar-refractivity contribution in [2.75, 3.05) is 23.3 Å². The van der Waals surface area contributed by atoms with Gasteiger partial charge in [0.2, 0.25) is 0 Å². The molecule has 0 aliphatic carbocycles. The number of nitrogens with zero attached hydrogens (tertiary/aromatic N) is 5. The van der Waals surface area contributed by atoms with E-state index in [1.807, 2.05) is 66.7 Å². The molecule has 5 aromatic rings. The number of aromatic nitrogens is 4. The molecule has 1 amide bonds. The van der Waals surface area contributed by atoms with Crippen LogP contribution in [-0.2, 0) is 0 Å². The molecule has 9 heteroatoms. The third kappa shape index (κ3) is 4.98. The Bertz CT molecular complexity index is 1560. The molecule has 3 aromatic heterocycles. The number of carbonyl (C=O) groups is 1. The van der Waals surface area contributed by atoms with Crippen molar-refractivity contribution in [1.29, 1.82) is 0 Å². The zero-order chi connectivity index (χ0) is 26.1. The van der Waals surface area contributed by atoms with E-state index in [9.17, 15) is 4.79 Å². The van der Waals surface area contributed by atoms with E-state index in [1.54, 1.807) is 12.3 Å². The summed E-state index contributed by atoms with van der Waals surface area (Å²) in [6.45, 7) is 5.91. The van der Waals surface area contributed by atoms with E-state index in [1.165, 1.54) is 11.3 Å². The molecule has 1 aliphatic heterocycles. The molecule has 2 N–H and O–H groups in total. The molecular formula is C29H27N7OS. The number of anilines is 2. The molecule has 6 rings (SSSR count). The Balaban J connectivity index is 1.36. The van der Waals surface area contributed by atoms with Crippen LogP contribution in [0.5, 0.6) is 0 Å². The number of piperazine rings is 1. The van der Waals surface area contributed by atoms with Gasteiger partial charge in [-0.15, -0.1) is 0 Å². The Morgan fingerprint density at radius 1 is 0.947 bits per heavy atom. The van der Waals surface area contributed by atoms with Gasteiger partial charge in [0, 0.05) is 48.6 Å². The molecule has 1 saturated heterocycles. The summed E-state index contributed by atoms with van der Waals surface area (Å²) in [6.07, 6.45) is 1.76. The minimum absolute atomic E-state index is 0.297. The predicted octanol–water partition coefficient (Wildman–Crippen LogP) is 5.25. The normalized spacial score (nSPS) is 17.5. The first-order chi connectivity index (χ1) is 18.5. The van der Waals surface area contributed by atoms with Crippen molar-refractivity contribution in [2.45, 2.75) is 25.9 Å². The van der Waals surface area contributed by atoms with Gasteiger partial charge in [-0.05, 0) is 38.1 Å². The van der Waals surface area contributed by atoms with E-state index in [2.05, 4.69) is 39.3 Å². The van der Waals surface area contributed by atoms with E-state index >= 15 is 0 Å². The summed E-state index contributed by atoms with van der Waals surface area (Å²) < 4.78 is 0. The molecule has 38 heavy (non-hydrogen) atoms. The summed E-state index contributed by atoms with van der Waals surface area (Å²) in [6, 6.07) is 23.7. The largest absolute Gasteiger partial charge is 0.353 e. The number of thiazole rings is 1. The van der Waals surface area contributed by atoms with E-state index in [4.69, 9.17) is 9.97 Å². The highest BCUT2D eigenvalue weighted by Gasteiger charge is 2.24. The lowest BCUT2D eigenvalue weighted by Gasteiger charge is -2.37. The lowest BCUT2D eigenvalue weighted by molar-refractivity contribution is 0.102. The van der Waals surface area contributed by atoms with E-state index in [-0.39, 0.29) is 5.91 Å². The molecular weight excluding hydrogens is 494 g/mol. The third-order valence-electron chi connectivity index (χ3n) is 6.43. The average molecular weight is 522 g/mol. The highest BCUT2D eigenvalue weighted by atomic mass is 32.1. The molecule has 2 aromatic carbocycles. The van der Waals surface area contributed by atoms with Gasteiger partial charge in [0.05, 0.1) is 5.69 Å². The number of hydrogen-bond acceptors (Lipinski definition) is 8. The molecule has 0 saturated carbocycles. The van der Waals surface area contributed by atoms with Crippen molar-refractivity contribution in [1.82, 2.24) is 25.3 Å². The van der Waals surface area contributed by atoms with Crippen LogP contribution in [0.3, 0.4) is 0 Å². The van der Waals surface area contributed by atoms with Gasteiger partial charge in [0.1, 0.15) is 26.9 Å². The fourth-order valence-electron chi connectivity index (χ4n) is 4.79. The van der Waals surface area contributed by atoms with Crippen LogP contribution in [0.4, 0.5) is 11.5 Å². The second-order valence-electron chi connectivity index (χ2n) is 9.52. The van der Waals surface area contributed by atoms with Crippen molar-refractivity contribution in [3.8, 4) is 22.0 Å². The fraction of sp³-hybridized carbons (Fsp3) is 0.207. The average Bonchev–Trinajstić information content (AvgIpc) is 3.37. The van der Waals surface area contributed by atoms with Gasteiger partial charge in [0.25, 0.3) is 5.91 Å². The number of pyridine rings is 1. The quantitative estimate of drug-likeness (QED) is 0.326. The minimum atomic E-state index is -0.297. The summed E-state index contributed by atoms with van der Waals surface area (Å²) in [5.41, 5.74) is 3.52. The SMILES string of the molecule is CC1CN(c2cc(C(=O)Nc3ccccc3-c3nc4cccnc4s3)nc(-c3ccccc3)n2)C[C@@H](C)N1. The van der Waals surface area contributed by atoms with Gasteiger partial charge in [-0.25, -0.2) is 19.9 Å². The maximum atomic E-state index is 13.7. The first-order valence-corrected chi connectivity index (χ1v) is 13.4. The van der Waals surface area contributed by atoms with Gasteiger partial charge in [-0.3, -0.25) is 4.79 Å². The Morgan fingerprint density at radius 2 is 1.71 bits per heavy atom. The van der Waals surface area contributed by atoms with Crippen LogP contribution >= 0.6 is 11.3 Å². The maximum Gasteiger partial charge on any atom is 0.274 e. The second-order valence-corrected chi connectivity index (χ2v) is 10.5. The van der Waals surface area contributed by atoms with Crippen LogP contribution in [0.2, 0.25) is 0 Å². The van der Waals surface area contributed by atoms with E-state index in [0.717, 1.165) is 45.4 Å². The van der Waals surface area contributed by atoms with Crippen LogP contribution in [0, 0.1) is 0 Å². The first kappa shape index (κ1) is 24.1. The van der Waals surface area contributed by atoms with Gasteiger partial charge in [-0.2, -0.15) is 0 Å². The number of carbonyl (C=O) groups excluding carboxylic acids is 1. The molecule has 1 unspecified atom stereocenters. The summed E-state index contributed by atoms with van der Waals surface area (Å²) in [7, 11) is 0. The zero-order valence-electron chi connectivity index (χ0n) is 21.1. The van der Waals surface area contributed by atoms with Crippen LogP contribution < -0.4 is 15.5 Å². The molecule has 0 spiro atoms. The minimum Gasteiger partial charge on any atom is -0.353 e. The second kappa shape index (κ2) is 10.3. The monoisotopic (exact) mass is 521 g/mol. The maximum absolute atomic E-state index is 13.7. The van der Waals surface area contributed by atoms with Gasteiger partial charge < -0.3 is 15.5 Å². The first-order valence-electron chi connectivity index (χ1n) is 12.6. The molecule has 1 fully saturated rings. The zero-order valence-corrected chi connectivity index (χ0v) is 21.9. The van der Waals surface area contributed by atoms with Crippen molar-refractivity contribution >= 4 is 39.1 Å². The van der Waals surface area contributed by atoms with Crippen LogP contribution in [0.1, 0.15) is 24.3 Å². The lowest BCUT2D eigenvalue weighted by Crippen LogP contribution is -2.54. The molecule has 2 atom stereocenters. The molecule has 4 heterocycles. The van der Waals surface area contributed by atoms with Crippen molar-refractivity contribution in [3.05, 3.63) is 84.7 Å². The highest BCUT2D eigenvalue weighted by molar-refractivity contribution is 7.21. The van der Waals surface area contributed by atoms with Crippen molar-refractivity contribution in [3.63, 3.8) is 0 Å². The number of para-hydroxylation sites is 1. The van der Waals surface area contributed by atoms with Crippen molar-refractivity contribution in [2.24, 2.45) is 0 Å². The molecule has 1 aliphatic rings. The van der Waals surface area contributed by atoms with Crippen LogP contribution in [0.25, 0.3) is 32.3 Å². The Kier molecular flexibility index (Phi) is 6.53. The van der Waals surface area contributed by atoms with Crippen LogP contribution in [0.15, 0.2) is 79.0 Å². The molecule has 0 bridgehead atoms. The van der Waals surface area contributed by atoms with Crippen molar-refractivity contribution < 1.29 is 4.79 Å². The van der Waals surface area contributed by atoms with Crippen LogP contribution in [-0.4, -0.2) is 51.0 Å². The number of amides is 1. The number of rotatable bonds is 5. The van der Waals surface area contributed by atoms with Gasteiger partial charge >= 0.3 is 0 Å². The van der Waals surface area contributed by atoms with Gasteiger partial charge in [0.15, 0.2) is 5.82 Å². The molecule has 0 radical (unpaired) electrons. The Morgan fingerprint density at radius 3 is 2.50 bits per heavy atom. The summed E-state index contributed by atoms with van der Waals surface area (Å²) >= 11 is 1.50. The highest BCUT2D eigenvalue weighted by Crippen LogP contribution is 2.34. The molecule has 8 nitrogen and oxygen atoms in total. The fourth-order valence-corrected chi connectivity index (χ4v) is 5.74. The van der Waals surface area contributed by atoms with E-state index in [0.29, 0.717) is 29.3 Å². The predicted molar refractivity (Wildman–Crippen MR) is 153 cm³/mol. The number of hydrogen-bond donors (Lipinski definition) is 2. The number of nitrogens with one attached hydrogen (secondary N) is 2. The van der Waals surface area contributed by atoms with Gasteiger partial charge in [-0.1, -0.05) is 53.8 Å². The third-order valence-corrected chi connectivity index (χ3v) is 7.44. The standard InChI is InChI=1S/C29H27N7OS/c1-18-16-36(17-19(2)31-18)25-15-24(32-26(35-25)20-9-4-3-5-10-20)27(37)33-22-12-7-6-11-21(22)28-34-23-13-8-14-30-29(23)38-28/h3-15,18-19,31H,16-17H2,1-2H3,(H,33,37)/t18-,19?/m1/s1. The Hall–Kier alpha value is -4.21. The van der Waals surface area contributed by atoms with E-state index < -0.39 is 0 Å². The summed E-state index contributed by atoms with van der Waals surface area (Å²) in [4.78, 5) is 35.4. The summed E-state index contributed by atoms with van der Waals surface area (Å²) in [5.74, 6) is 0.973.